The molecule has 0 saturated heterocycles. The van der Waals surface area contributed by atoms with Crippen molar-refractivity contribution in [1.82, 2.24) is 9.97 Å². The number of anilines is 1. The number of hydrogen-bond acceptors (Lipinski definition) is 3. The van der Waals surface area contributed by atoms with E-state index in [-0.39, 0.29) is 5.82 Å². The van der Waals surface area contributed by atoms with E-state index in [9.17, 15) is 13.6 Å². The normalized spacial score (nSPS) is 10.8. The van der Waals surface area contributed by atoms with Crippen LogP contribution in [0.5, 0.6) is 0 Å². The Kier molecular flexibility index (Phi) is 2.86. The Morgan fingerprint density at radius 2 is 2.06 bits per heavy atom. The number of benzene rings is 1. The predicted molar refractivity (Wildman–Crippen MR) is 59.7 cm³/mol. The topological polar surface area (TPSA) is 71.8 Å². The van der Waals surface area contributed by atoms with Crippen LogP contribution in [0.1, 0.15) is 12.1 Å². The van der Waals surface area contributed by atoms with Crippen LogP contribution in [0, 0.1) is 0 Å². The van der Waals surface area contributed by atoms with E-state index in [4.69, 9.17) is 5.73 Å². The summed E-state index contributed by atoms with van der Waals surface area (Å²) in [6.45, 7) is 0. The molecule has 3 N–H and O–H groups in total. The van der Waals surface area contributed by atoms with Gasteiger partial charge in [-0.2, -0.15) is 0 Å². The molecule has 0 fully saturated rings. The van der Waals surface area contributed by atoms with Gasteiger partial charge in [0.25, 0.3) is 12.0 Å². The van der Waals surface area contributed by atoms with Crippen LogP contribution in [0.2, 0.25) is 0 Å². The minimum Gasteiger partial charge on any atom is -0.399 e. The summed E-state index contributed by atoms with van der Waals surface area (Å²) in [6, 6.07) is 7.26. The van der Waals surface area contributed by atoms with E-state index in [2.05, 4.69) is 9.97 Å². The van der Waals surface area contributed by atoms with Crippen molar-refractivity contribution in [3.63, 3.8) is 0 Å². The van der Waals surface area contributed by atoms with Gasteiger partial charge in [-0.3, -0.25) is 4.79 Å². The molecule has 2 aromatic rings. The number of nitrogens with two attached hydrogens (primary N) is 1. The summed E-state index contributed by atoms with van der Waals surface area (Å²) in [7, 11) is 0. The van der Waals surface area contributed by atoms with Gasteiger partial charge in [-0.15, -0.1) is 0 Å². The fraction of sp³-hybridized carbons (Fsp3) is 0.0909. The van der Waals surface area contributed by atoms with E-state index in [1.54, 1.807) is 24.3 Å². The summed E-state index contributed by atoms with van der Waals surface area (Å²) < 4.78 is 25.0. The number of aromatic amines is 1. The first kappa shape index (κ1) is 11.3. The maximum absolute atomic E-state index is 12.5. The predicted octanol–water partition coefficient (Wildman–Crippen LogP) is 1.96. The van der Waals surface area contributed by atoms with Gasteiger partial charge in [-0.05, 0) is 12.1 Å². The zero-order chi connectivity index (χ0) is 12.4. The molecular weight excluding hydrogens is 228 g/mol. The maximum atomic E-state index is 12.5. The molecule has 0 aliphatic carbocycles. The van der Waals surface area contributed by atoms with Gasteiger partial charge in [-0.25, -0.2) is 13.8 Å². The third-order valence-corrected chi connectivity index (χ3v) is 2.15. The van der Waals surface area contributed by atoms with Crippen molar-refractivity contribution in [3.8, 4) is 11.4 Å². The molecule has 6 heteroatoms. The minimum absolute atomic E-state index is 0.0834. The lowest BCUT2D eigenvalue weighted by molar-refractivity contribution is 0.146. The first-order valence-electron chi connectivity index (χ1n) is 4.81. The second kappa shape index (κ2) is 4.32. The van der Waals surface area contributed by atoms with Crippen LogP contribution >= 0.6 is 0 Å². The molecule has 88 valence electrons. The zero-order valence-electron chi connectivity index (χ0n) is 8.65. The number of hydrogen-bond donors (Lipinski definition) is 2. The molecular formula is C11H9F2N3O. The molecule has 4 nitrogen and oxygen atoms in total. The number of nitrogen functional groups attached to an aromatic ring is 1. The Bertz CT molecular complexity index is 595. The molecule has 1 heterocycles. The third kappa shape index (κ3) is 2.47. The highest BCUT2D eigenvalue weighted by atomic mass is 19.3. The molecule has 0 atom stereocenters. The lowest BCUT2D eigenvalue weighted by Crippen LogP contribution is -2.10. The first-order chi connectivity index (χ1) is 8.06. The van der Waals surface area contributed by atoms with E-state index in [0.29, 0.717) is 11.3 Å². The molecule has 1 aromatic carbocycles. The summed E-state index contributed by atoms with van der Waals surface area (Å²) >= 11 is 0. The van der Waals surface area contributed by atoms with Gasteiger partial charge in [0, 0.05) is 17.3 Å². The molecule has 0 saturated carbocycles. The Balaban J connectivity index is 2.56. The summed E-state index contributed by atoms with van der Waals surface area (Å²) in [5.41, 5.74) is 5.35. The van der Waals surface area contributed by atoms with Crippen LogP contribution in [-0.2, 0) is 0 Å². The van der Waals surface area contributed by atoms with Crippen molar-refractivity contribution in [3.05, 3.63) is 46.4 Å². The van der Waals surface area contributed by atoms with Crippen molar-refractivity contribution in [2.45, 2.75) is 6.43 Å². The Morgan fingerprint density at radius 1 is 1.29 bits per heavy atom. The van der Waals surface area contributed by atoms with E-state index >= 15 is 0 Å². The van der Waals surface area contributed by atoms with Crippen LogP contribution in [0.3, 0.4) is 0 Å². The monoisotopic (exact) mass is 237 g/mol. The fourth-order valence-electron chi connectivity index (χ4n) is 1.41. The number of halogens is 2. The number of H-pyrrole nitrogens is 1. The number of rotatable bonds is 2. The van der Waals surface area contributed by atoms with Gasteiger partial charge < -0.3 is 10.7 Å². The minimum atomic E-state index is -2.78. The number of nitrogens with one attached hydrogen (secondary N) is 1. The summed E-state index contributed by atoms with van der Waals surface area (Å²) in [4.78, 5) is 17.3. The van der Waals surface area contributed by atoms with Crippen molar-refractivity contribution in [2.24, 2.45) is 0 Å². The van der Waals surface area contributed by atoms with Gasteiger partial charge >= 0.3 is 0 Å². The average molecular weight is 237 g/mol. The molecule has 17 heavy (non-hydrogen) atoms. The average Bonchev–Trinajstić information content (AvgIpc) is 2.28. The van der Waals surface area contributed by atoms with E-state index in [0.717, 1.165) is 6.07 Å². The van der Waals surface area contributed by atoms with Gasteiger partial charge in [-0.1, -0.05) is 12.1 Å². The molecule has 1 aromatic heterocycles. The van der Waals surface area contributed by atoms with Crippen LogP contribution in [0.25, 0.3) is 11.4 Å². The maximum Gasteiger partial charge on any atom is 0.280 e. The SMILES string of the molecule is Nc1cccc(-c2nc(C(F)F)cc(=O)[nH]2)c1. The first-order valence-corrected chi connectivity index (χ1v) is 4.81. The molecule has 0 unspecified atom stereocenters. The number of nitrogens with zero attached hydrogens (tertiary/aromatic N) is 1. The lowest BCUT2D eigenvalue weighted by atomic mass is 10.2. The van der Waals surface area contributed by atoms with Gasteiger partial charge in [0.05, 0.1) is 0 Å². The second-order valence-corrected chi connectivity index (χ2v) is 3.45. The van der Waals surface area contributed by atoms with Gasteiger partial charge in [0.15, 0.2) is 0 Å². The fourth-order valence-corrected chi connectivity index (χ4v) is 1.41. The highest BCUT2D eigenvalue weighted by Gasteiger charge is 2.12. The van der Waals surface area contributed by atoms with E-state index in [1.807, 2.05) is 0 Å². The van der Waals surface area contributed by atoms with Crippen LogP contribution in [0.15, 0.2) is 35.1 Å². The number of aromatic nitrogens is 2. The van der Waals surface area contributed by atoms with Crippen LogP contribution < -0.4 is 11.3 Å². The highest BCUT2D eigenvalue weighted by Crippen LogP contribution is 2.20. The highest BCUT2D eigenvalue weighted by molar-refractivity contribution is 5.60. The quantitative estimate of drug-likeness (QED) is 0.784. The van der Waals surface area contributed by atoms with Crippen molar-refractivity contribution in [2.75, 3.05) is 5.73 Å². The molecule has 0 aliphatic heterocycles. The second-order valence-electron chi connectivity index (χ2n) is 3.45. The molecule has 0 amide bonds. The molecule has 0 radical (unpaired) electrons. The third-order valence-electron chi connectivity index (χ3n) is 2.15. The molecule has 0 aliphatic rings. The lowest BCUT2D eigenvalue weighted by Gasteiger charge is -2.04. The Labute approximate surface area is 95.1 Å². The Morgan fingerprint density at radius 3 is 2.71 bits per heavy atom. The standard InChI is InChI=1S/C11H9F2N3O/c12-10(13)8-5-9(17)16-11(15-8)6-2-1-3-7(14)4-6/h1-5,10H,14H2,(H,15,16,17). The van der Waals surface area contributed by atoms with Gasteiger partial charge in [0.1, 0.15) is 11.5 Å². The van der Waals surface area contributed by atoms with Crippen molar-refractivity contribution < 1.29 is 8.78 Å². The summed E-state index contributed by atoms with van der Waals surface area (Å²) in [6.07, 6.45) is -2.78. The van der Waals surface area contributed by atoms with Crippen LogP contribution in [-0.4, -0.2) is 9.97 Å². The molecule has 0 bridgehead atoms. The van der Waals surface area contributed by atoms with Crippen LogP contribution in [0.4, 0.5) is 14.5 Å². The smallest absolute Gasteiger partial charge is 0.280 e. The summed E-state index contributed by atoms with van der Waals surface area (Å²) in [5.74, 6) is 0.0834. The van der Waals surface area contributed by atoms with E-state index in [1.165, 1.54) is 0 Å². The van der Waals surface area contributed by atoms with Crippen molar-refractivity contribution in [1.29, 1.82) is 0 Å². The van der Waals surface area contributed by atoms with Crippen molar-refractivity contribution >= 4 is 5.69 Å². The summed E-state index contributed by atoms with van der Waals surface area (Å²) in [5, 5.41) is 0. The number of alkyl halides is 2. The zero-order valence-corrected chi connectivity index (χ0v) is 8.65. The molecule has 2 rings (SSSR count). The molecule has 0 spiro atoms. The Hall–Kier alpha value is -2.24. The largest absolute Gasteiger partial charge is 0.399 e. The van der Waals surface area contributed by atoms with Gasteiger partial charge in [0.2, 0.25) is 0 Å². The van der Waals surface area contributed by atoms with E-state index < -0.39 is 17.7 Å².